The quantitative estimate of drug-likeness (QED) is 0.693. The van der Waals surface area contributed by atoms with E-state index in [9.17, 15) is 4.79 Å². The van der Waals surface area contributed by atoms with Crippen LogP contribution in [0.1, 0.15) is 23.2 Å². The number of rotatable bonds is 5. The van der Waals surface area contributed by atoms with E-state index >= 15 is 0 Å². The molecule has 0 aliphatic heterocycles. The Morgan fingerprint density at radius 2 is 2.27 bits per heavy atom. The summed E-state index contributed by atoms with van der Waals surface area (Å²) in [6, 6.07) is 5.27. The van der Waals surface area contributed by atoms with Gasteiger partial charge in [0.05, 0.1) is 19.3 Å². The van der Waals surface area contributed by atoms with Crippen LogP contribution in [-0.4, -0.2) is 20.0 Å². The van der Waals surface area contributed by atoms with Crippen molar-refractivity contribution < 1.29 is 14.3 Å². The average Bonchev–Trinajstić information content (AvgIpc) is 3.09. The fourth-order valence-electron chi connectivity index (χ4n) is 1.38. The molecule has 3 nitrogen and oxygen atoms in total. The van der Waals surface area contributed by atoms with E-state index < -0.39 is 0 Å². The van der Waals surface area contributed by atoms with Crippen molar-refractivity contribution in [3.8, 4) is 11.5 Å². The summed E-state index contributed by atoms with van der Waals surface area (Å²) in [5.74, 6) is 2.06. The molecule has 1 aromatic carbocycles. The molecule has 0 radical (unpaired) electrons. The van der Waals surface area contributed by atoms with Crippen LogP contribution in [0.3, 0.4) is 0 Å². The predicted molar refractivity (Wildman–Crippen MR) is 56.6 cm³/mol. The highest BCUT2D eigenvalue weighted by Gasteiger charge is 2.21. The second-order valence-corrected chi connectivity index (χ2v) is 3.78. The van der Waals surface area contributed by atoms with E-state index in [1.807, 2.05) is 0 Å². The van der Waals surface area contributed by atoms with Gasteiger partial charge in [0.1, 0.15) is 11.5 Å². The molecular weight excluding hydrogens is 192 g/mol. The largest absolute Gasteiger partial charge is 0.496 e. The molecule has 0 saturated heterocycles. The smallest absolute Gasteiger partial charge is 0.153 e. The van der Waals surface area contributed by atoms with E-state index in [4.69, 9.17) is 9.47 Å². The molecule has 1 aliphatic carbocycles. The van der Waals surface area contributed by atoms with Gasteiger partial charge in [-0.05, 0) is 30.9 Å². The molecular formula is C12H14O3. The van der Waals surface area contributed by atoms with Gasteiger partial charge in [0.15, 0.2) is 6.29 Å². The van der Waals surface area contributed by atoms with Crippen molar-refractivity contribution in [2.24, 2.45) is 5.92 Å². The van der Waals surface area contributed by atoms with Crippen molar-refractivity contribution >= 4 is 6.29 Å². The fraction of sp³-hybridized carbons (Fsp3) is 0.417. The van der Waals surface area contributed by atoms with Gasteiger partial charge in [0, 0.05) is 6.07 Å². The minimum absolute atomic E-state index is 0.552. The van der Waals surface area contributed by atoms with E-state index in [0.717, 1.165) is 24.6 Å². The van der Waals surface area contributed by atoms with Crippen LogP contribution in [0.5, 0.6) is 11.5 Å². The molecule has 0 unspecified atom stereocenters. The SMILES string of the molecule is COc1cc(OCC2CC2)ccc1C=O. The zero-order chi connectivity index (χ0) is 10.7. The van der Waals surface area contributed by atoms with Crippen LogP contribution in [0.25, 0.3) is 0 Å². The molecule has 0 bridgehead atoms. The lowest BCUT2D eigenvalue weighted by molar-refractivity contribution is 0.112. The molecule has 80 valence electrons. The van der Waals surface area contributed by atoms with Crippen molar-refractivity contribution in [2.45, 2.75) is 12.8 Å². The van der Waals surface area contributed by atoms with Crippen molar-refractivity contribution in [2.75, 3.05) is 13.7 Å². The number of benzene rings is 1. The topological polar surface area (TPSA) is 35.5 Å². The first-order chi connectivity index (χ1) is 7.33. The van der Waals surface area contributed by atoms with Crippen LogP contribution >= 0.6 is 0 Å². The van der Waals surface area contributed by atoms with Crippen LogP contribution in [0.4, 0.5) is 0 Å². The zero-order valence-corrected chi connectivity index (χ0v) is 8.73. The number of hydrogen-bond acceptors (Lipinski definition) is 3. The van der Waals surface area contributed by atoms with Gasteiger partial charge >= 0.3 is 0 Å². The van der Waals surface area contributed by atoms with E-state index in [1.54, 1.807) is 25.3 Å². The standard InChI is InChI=1S/C12H14O3/c1-14-12-6-11(5-4-10(12)7-13)15-8-9-2-3-9/h4-7,9H,2-3,8H2,1H3. The second kappa shape index (κ2) is 4.34. The van der Waals surface area contributed by atoms with Crippen LogP contribution in [-0.2, 0) is 0 Å². The summed E-state index contributed by atoms with van der Waals surface area (Å²) in [5, 5.41) is 0. The summed E-state index contributed by atoms with van der Waals surface area (Å²) in [5.41, 5.74) is 0.552. The monoisotopic (exact) mass is 206 g/mol. The Kier molecular flexibility index (Phi) is 2.90. The van der Waals surface area contributed by atoms with Crippen LogP contribution in [0, 0.1) is 5.92 Å². The summed E-state index contributed by atoms with van der Waals surface area (Å²) < 4.78 is 10.7. The summed E-state index contributed by atoms with van der Waals surface area (Å²) in [6.07, 6.45) is 3.32. The molecule has 1 saturated carbocycles. The Morgan fingerprint density at radius 1 is 1.47 bits per heavy atom. The number of aldehydes is 1. The summed E-state index contributed by atoms with van der Waals surface area (Å²) in [7, 11) is 1.55. The lowest BCUT2D eigenvalue weighted by atomic mass is 10.2. The second-order valence-electron chi connectivity index (χ2n) is 3.78. The molecule has 3 heteroatoms. The number of carbonyl (C=O) groups excluding carboxylic acids is 1. The number of hydrogen-bond donors (Lipinski definition) is 0. The van der Waals surface area contributed by atoms with Gasteiger partial charge in [-0.15, -0.1) is 0 Å². The lowest BCUT2D eigenvalue weighted by Crippen LogP contribution is -1.99. The number of ether oxygens (including phenoxy) is 2. The molecule has 15 heavy (non-hydrogen) atoms. The Labute approximate surface area is 89.0 Å². The average molecular weight is 206 g/mol. The van der Waals surface area contributed by atoms with Gasteiger partial charge in [0.25, 0.3) is 0 Å². The summed E-state index contributed by atoms with van der Waals surface area (Å²) >= 11 is 0. The van der Waals surface area contributed by atoms with Gasteiger partial charge < -0.3 is 9.47 Å². The van der Waals surface area contributed by atoms with E-state index in [-0.39, 0.29) is 0 Å². The highest BCUT2D eigenvalue weighted by molar-refractivity contribution is 5.79. The Bertz CT molecular complexity index is 356. The van der Waals surface area contributed by atoms with Gasteiger partial charge in [-0.25, -0.2) is 0 Å². The van der Waals surface area contributed by atoms with Gasteiger partial charge in [-0.1, -0.05) is 0 Å². The maximum absolute atomic E-state index is 10.7. The van der Waals surface area contributed by atoms with E-state index in [0.29, 0.717) is 11.3 Å². The summed E-state index contributed by atoms with van der Waals surface area (Å²) in [4.78, 5) is 10.7. The van der Waals surface area contributed by atoms with E-state index in [1.165, 1.54) is 12.8 Å². The predicted octanol–water partition coefficient (Wildman–Crippen LogP) is 2.30. The van der Waals surface area contributed by atoms with Crippen molar-refractivity contribution in [1.29, 1.82) is 0 Å². The molecule has 1 fully saturated rings. The Hall–Kier alpha value is -1.51. The third kappa shape index (κ3) is 2.49. The normalized spacial score (nSPS) is 14.7. The maximum Gasteiger partial charge on any atom is 0.153 e. The number of carbonyl (C=O) groups is 1. The molecule has 0 N–H and O–H groups in total. The molecule has 2 rings (SSSR count). The first-order valence-electron chi connectivity index (χ1n) is 5.09. The molecule has 0 atom stereocenters. The third-order valence-electron chi connectivity index (χ3n) is 2.51. The van der Waals surface area contributed by atoms with Crippen LogP contribution in [0.2, 0.25) is 0 Å². The van der Waals surface area contributed by atoms with Crippen LogP contribution < -0.4 is 9.47 Å². The van der Waals surface area contributed by atoms with E-state index in [2.05, 4.69) is 0 Å². The fourth-order valence-corrected chi connectivity index (χ4v) is 1.38. The molecule has 0 heterocycles. The number of methoxy groups -OCH3 is 1. The Balaban J connectivity index is 2.06. The minimum Gasteiger partial charge on any atom is -0.496 e. The molecule has 0 spiro atoms. The lowest BCUT2D eigenvalue weighted by Gasteiger charge is -2.08. The summed E-state index contributed by atoms with van der Waals surface area (Å²) in [6.45, 7) is 0.767. The van der Waals surface area contributed by atoms with Crippen molar-refractivity contribution in [3.63, 3.8) is 0 Å². The van der Waals surface area contributed by atoms with Crippen LogP contribution in [0.15, 0.2) is 18.2 Å². The van der Waals surface area contributed by atoms with Gasteiger partial charge in [-0.3, -0.25) is 4.79 Å². The third-order valence-corrected chi connectivity index (χ3v) is 2.51. The first-order valence-corrected chi connectivity index (χ1v) is 5.09. The highest BCUT2D eigenvalue weighted by atomic mass is 16.5. The highest BCUT2D eigenvalue weighted by Crippen LogP contribution is 2.30. The zero-order valence-electron chi connectivity index (χ0n) is 8.73. The molecule has 1 aliphatic rings. The van der Waals surface area contributed by atoms with Gasteiger partial charge in [-0.2, -0.15) is 0 Å². The van der Waals surface area contributed by atoms with Crippen molar-refractivity contribution in [3.05, 3.63) is 23.8 Å². The minimum atomic E-state index is 0.552. The Morgan fingerprint density at radius 3 is 2.87 bits per heavy atom. The maximum atomic E-state index is 10.7. The van der Waals surface area contributed by atoms with Crippen molar-refractivity contribution in [1.82, 2.24) is 0 Å². The van der Waals surface area contributed by atoms with Gasteiger partial charge in [0.2, 0.25) is 0 Å². The molecule has 0 aromatic heterocycles. The molecule has 0 amide bonds. The molecule has 1 aromatic rings. The first kappa shape index (κ1) is 10.0.